The Morgan fingerprint density at radius 2 is 2.11 bits per heavy atom. The Morgan fingerprint density at radius 1 is 1.37 bits per heavy atom. The Bertz CT molecular complexity index is 458. The lowest BCUT2D eigenvalue weighted by atomic mass is 9.97. The van der Waals surface area contributed by atoms with Crippen molar-refractivity contribution in [2.45, 2.75) is 19.0 Å². The molecule has 1 saturated heterocycles. The van der Waals surface area contributed by atoms with E-state index in [2.05, 4.69) is 4.98 Å². The van der Waals surface area contributed by atoms with Crippen LogP contribution in [0.3, 0.4) is 0 Å². The summed E-state index contributed by atoms with van der Waals surface area (Å²) in [5.41, 5.74) is -0.0378. The van der Waals surface area contributed by atoms with Crippen LogP contribution in [0.15, 0.2) is 18.3 Å². The van der Waals surface area contributed by atoms with Crippen LogP contribution < -0.4 is 0 Å². The first-order chi connectivity index (χ1) is 8.88. The van der Waals surface area contributed by atoms with Crippen molar-refractivity contribution >= 4 is 5.91 Å². The van der Waals surface area contributed by atoms with E-state index in [0.29, 0.717) is 6.42 Å². The Kier molecular flexibility index (Phi) is 3.73. The summed E-state index contributed by atoms with van der Waals surface area (Å²) in [5, 5.41) is 0. The third-order valence-electron chi connectivity index (χ3n) is 3.12. The Morgan fingerprint density at radius 3 is 2.68 bits per heavy atom. The van der Waals surface area contributed by atoms with Gasteiger partial charge in [0.05, 0.1) is 12.1 Å². The minimum Gasteiger partial charge on any atom is -0.337 e. The van der Waals surface area contributed by atoms with E-state index in [1.165, 1.54) is 6.07 Å². The molecular weight excluding hydrogens is 264 g/mol. The summed E-state index contributed by atoms with van der Waals surface area (Å²) in [6.07, 6.45) is -3.09. The molecule has 1 aliphatic rings. The van der Waals surface area contributed by atoms with Crippen LogP contribution in [0, 0.1) is 11.7 Å². The summed E-state index contributed by atoms with van der Waals surface area (Å²) in [7, 11) is 0. The van der Waals surface area contributed by atoms with Crippen LogP contribution in [0.2, 0.25) is 0 Å². The molecule has 0 radical (unpaired) electrons. The van der Waals surface area contributed by atoms with Gasteiger partial charge >= 0.3 is 6.18 Å². The standard InChI is InChI=1S/C12H12F4N2O/c13-9-3-4-10(17-6-9)11(19)18-5-1-2-8(7-18)12(14,15)16/h3-4,6,8H,1-2,5,7H2/t8-/m0/s1. The fourth-order valence-corrected chi connectivity index (χ4v) is 2.09. The maximum atomic E-state index is 12.7. The van der Waals surface area contributed by atoms with Crippen molar-refractivity contribution in [2.75, 3.05) is 13.1 Å². The van der Waals surface area contributed by atoms with Crippen molar-refractivity contribution in [2.24, 2.45) is 5.92 Å². The quantitative estimate of drug-likeness (QED) is 0.739. The highest BCUT2D eigenvalue weighted by Crippen LogP contribution is 2.33. The van der Waals surface area contributed by atoms with Gasteiger partial charge in [0.25, 0.3) is 5.91 Å². The van der Waals surface area contributed by atoms with Crippen LogP contribution >= 0.6 is 0 Å². The number of rotatable bonds is 1. The van der Waals surface area contributed by atoms with Gasteiger partial charge in [-0.3, -0.25) is 4.79 Å². The number of carbonyl (C=O) groups is 1. The number of hydrogen-bond acceptors (Lipinski definition) is 2. The molecule has 1 aromatic heterocycles. The predicted molar refractivity (Wildman–Crippen MR) is 58.9 cm³/mol. The number of carbonyl (C=O) groups excluding carboxylic acids is 1. The molecule has 2 rings (SSSR count). The maximum Gasteiger partial charge on any atom is 0.393 e. The van der Waals surface area contributed by atoms with Gasteiger partial charge in [0.15, 0.2) is 0 Å². The Labute approximate surface area is 107 Å². The number of piperidine rings is 1. The van der Waals surface area contributed by atoms with Crippen LogP contribution in [0.1, 0.15) is 23.3 Å². The van der Waals surface area contributed by atoms with Crippen LogP contribution in [-0.2, 0) is 0 Å². The van der Waals surface area contributed by atoms with Crippen LogP contribution in [-0.4, -0.2) is 35.1 Å². The van der Waals surface area contributed by atoms with E-state index in [-0.39, 0.29) is 25.2 Å². The first-order valence-electron chi connectivity index (χ1n) is 5.85. The molecule has 0 aliphatic carbocycles. The molecule has 1 atom stereocenters. The van der Waals surface area contributed by atoms with E-state index < -0.39 is 23.8 Å². The van der Waals surface area contributed by atoms with E-state index in [0.717, 1.165) is 17.2 Å². The molecule has 1 amide bonds. The van der Waals surface area contributed by atoms with Crippen molar-refractivity contribution in [1.29, 1.82) is 0 Å². The third kappa shape index (κ3) is 3.21. The molecule has 0 saturated carbocycles. The second-order valence-electron chi connectivity index (χ2n) is 4.49. The van der Waals surface area contributed by atoms with Crippen molar-refractivity contribution in [3.8, 4) is 0 Å². The molecule has 1 aromatic rings. The minimum absolute atomic E-state index is 0.0319. The van der Waals surface area contributed by atoms with E-state index in [1.54, 1.807) is 0 Å². The molecule has 3 nitrogen and oxygen atoms in total. The number of aromatic nitrogens is 1. The number of pyridine rings is 1. The van der Waals surface area contributed by atoms with Gasteiger partial charge < -0.3 is 4.90 Å². The second kappa shape index (κ2) is 5.14. The van der Waals surface area contributed by atoms with Gasteiger partial charge in [0, 0.05) is 13.1 Å². The third-order valence-corrected chi connectivity index (χ3v) is 3.12. The number of amides is 1. The van der Waals surface area contributed by atoms with Crippen molar-refractivity contribution in [3.05, 3.63) is 29.8 Å². The zero-order chi connectivity index (χ0) is 14.0. The smallest absolute Gasteiger partial charge is 0.337 e. The fraction of sp³-hybridized carbons (Fsp3) is 0.500. The van der Waals surface area contributed by atoms with E-state index >= 15 is 0 Å². The van der Waals surface area contributed by atoms with Gasteiger partial charge in [-0.2, -0.15) is 13.2 Å². The molecule has 0 spiro atoms. The first-order valence-corrected chi connectivity index (χ1v) is 5.85. The van der Waals surface area contributed by atoms with E-state index in [1.807, 2.05) is 0 Å². The summed E-state index contributed by atoms with van der Waals surface area (Å²) in [6, 6.07) is 2.24. The maximum absolute atomic E-state index is 12.7. The lowest BCUT2D eigenvalue weighted by Crippen LogP contribution is -2.44. The fourth-order valence-electron chi connectivity index (χ4n) is 2.09. The largest absolute Gasteiger partial charge is 0.393 e. The van der Waals surface area contributed by atoms with Gasteiger partial charge in [-0.15, -0.1) is 0 Å². The lowest BCUT2D eigenvalue weighted by molar-refractivity contribution is -0.184. The van der Waals surface area contributed by atoms with Crippen molar-refractivity contribution in [1.82, 2.24) is 9.88 Å². The molecule has 0 aromatic carbocycles. The minimum atomic E-state index is -4.30. The number of likely N-dealkylation sites (tertiary alicyclic amines) is 1. The normalized spacial score (nSPS) is 20.4. The van der Waals surface area contributed by atoms with Crippen LogP contribution in [0.5, 0.6) is 0 Å². The average molecular weight is 276 g/mol. The summed E-state index contributed by atoms with van der Waals surface area (Å²) in [6.45, 7) is -0.0914. The number of alkyl halides is 3. The lowest BCUT2D eigenvalue weighted by Gasteiger charge is -2.33. The monoisotopic (exact) mass is 276 g/mol. The zero-order valence-electron chi connectivity index (χ0n) is 9.95. The van der Waals surface area contributed by atoms with Crippen LogP contribution in [0.25, 0.3) is 0 Å². The predicted octanol–water partition coefficient (Wildman–Crippen LogP) is 2.64. The van der Waals surface area contributed by atoms with Crippen molar-refractivity contribution < 1.29 is 22.4 Å². The molecule has 7 heteroatoms. The summed E-state index contributed by atoms with van der Waals surface area (Å²) in [4.78, 5) is 16.7. The Hall–Kier alpha value is -1.66. The molecule has 2 heterocycles. The van der Waals surface area contributed by atoms with Gasteiger partial charge in [0.1, 0.15) is 11.5 Å². The van der Waals surface area contributed by atoms with E-state index in [9.17, 15) is 22.4 Å². The number of hydrogen-bond donors (Lipinski definition) is 0. The van der Waals surface area contributed by atoms with Crippen molar-refractivity contribution in [3.63, 3.8) is 0 Å². The number of halogens is 4. The highest BCUT2D eigenvalue weighted by atomic mass is 19.4. The molecule has 1 aliphatic heterocycles. The second-order valence-corrected chi connectivity index (χ2v) is 4.49. The summed E-state index contributed by atoms with van der Waals surface area (Å²) in [5.74, 6) is -2.68. The highest BCUT2D eigenvalue weighted by Gasteiger charge is 2.42. The Balaban J connectivity index is 2.09. The summed E-state index contributed by atoms with van der Waals surface area (Å²) < 4.78 is 50.6. The van der Waals surface area contributed by atoms with Gasteiger partial charge in [-0.25, -0.2) is 9.37 Å². The first kappa shape index (κ1) is 13.8. The number of nitrogens with zero attached hydrogens (tertiary/aromatic N) is 2. The van der Waals surface area contributed by atoms with E-state index in [4.69, 9.17) is 0 Å². The van der Waals surface area contributed by atoms with Crippen LogP contribution in [0.4, 0.5) is 17.6 Å². The molecule has 104 valence electrons. The molecular formula is C12H12F4N2O. The highest BCUT2D eigenvalue weighted by molar-refractivity contribution is 5.92. The van der Waals surface area contributed by atoms with Gasteiger partial charge in [-0.1, -0.05) is 0 Å². The van der Waals surface area contributed by atoms with Gasteiger partial charge in [-0.05, 0) is 25.0 Å². The molecule has 1 fully saturated rings. The van der Waals surface area contributed by atoms with Gasteiger partial charge in [0.2, 0.25) is 0 Å². The summed E-state index contributed by atoms with van der Waals surface area (Å²) >= 11 is 0. The zero-order valence-corrected chi connectivity index (χ0v) is 9.95. The molecule has 0 bridgehead atoms. The molecule has 0 N–H and O–H groups in total. The molecule has 0 unspecified atom stereocenters. The topological polar surface area (TPSA) is 33.2 Å². The molecule has 19 heavy (non-hydrogen) atoms. The average Bonchev–Trinajstić information content (AvgIpc) is 2.38. The SMILES string of the molecule is O=C(c1ccc(F)cn1)N1CCC[C@H](C(F)(F)F)C1.